The molecule has 1 amide bonds. The van der Waals surface area contributed by atoms with E-state index in [4.69, 9.17) is 11.6 Å². The summed E-state index contributed by atoms with van der Waals surface area (Å²) < 4.78 is 0. The molecule has 0 radical (unpaired) electrons. The lowest BCUT2D eigenvalue weighted by molar-refractivity contribution is -0.131. The first-order chi connectivity index (χ1) is 9.69. The van der Waals surface area contributed by atoms with Crippen LogP contribution in [0.15, 0.2) is 24.3 Å². The van der Waals surface area contributed by atoms with Crippen molar-refractivity contribution in [3.8, 4) is 0 Å². The summed E-state index contributed by atoms with van der Waals surface area (Å²) in [5.41, 5.74) is 1.23. The normalized spacial score (nSPS) is 13.6. The van der Waals surface area contributed by atoms with E-state index >= 15 is 0 Å². The zero-order valence-corrected chi connectivity index (χ0v) is 14.1. The highest BCUT2D eigenvalue weighted by atomic mass is 35.5. The summed E-state index contributed by atoms with van der Waals surface area (Å²) in [7, 11) is 1.88. The van der Waals surface area contributed by atoms with Gasteiger partial charge in [-0.3, -0.25) is 4.79 Å². The van der Waals surface area contributed by atoms with Crippen LogP contribution in [0.5, 0.6) is 0 Å². The number of carbonyl (C=O) groups is 1. The Hall–Kier alpha value is -0.770. The Labute approximate surface area is 138 Å². The maximum absolute atomic E-state index is 12.2. The minimum atomic E-state index is 0. The van der Waals surface area contributed by atoms with Crippen LogP contribution in [0.2, 0.25) is 5.02 Å². The van der Waals surface area contributed by atoms with Crippen LogP contribution in [0.25, 0.3) is 0 Å². The van der Waals surface area contributed by atoms with Crippen molar-refractivity contribution >= 4 is 29.9 Å². The third-order valence-electron chi connectivity index (χ3n) is 3.70. The molecule has 2 rings (SSSR count). The first kappa shape index (κ1) is 18.3. The molecule has 0 saturated heterocycles. The molecule has 21 heavy (non-hydrogen) atoms. The highest BCUT2D eigenvalue weighted by Gasteiger charge is 2.26. The highest BCUT2D eigenvalue weighted by molar-refractivity contribution is 6.30. The number of benzene rings is 1. The topological polar surface area (TPSA) is 32.3 Å². The molecule has 1 aliphatic rings. The van der Waals surface area contributed by atoms with Crippen molar-refractivity contribution in [1.82, 2.24) is 10.2 Å². The SMILES string of the molecule is CNCCC(=O)N(CCc1ccc(Cl)cc1)CC1CC1.Cl. The van der Waals surface area contributed by atoms with E-state index in [1.165, 1.54) is 18.4 Å². The fraction of sp³-hybridized carbons (Fsp3) is 0.562. The summed E-state index contributed by atoms with van der Waals surface area (Å²) in [6.45, 7) is 2.48. The Kier molecular flexibility index (Phi) is 8.09. The predicted octanol–water partition coefficient (Wildman–Crippen LogP) is 3.15. The Morgan fingerprint density at radius 2 is 2.00 bits per heavy atom. The summed E-state index contributed by atoms with van der Waals surface area (Å²) in [5, 5.41) is 3.80. The van der Waals surface area contributed by atoms with Gasteiger partial charge in [0.05, 0.1) is 0 Å². The minimum absolute atomic E-state index is 0. The van der Waals surface area contributed by atoms with Gasteiger partial charge in [0, 0.05) is 31.1 Å². The quantitative estimate of drug-likeness (QED) is 0.794. The molecule has 1 aromatic carbocycles. The summed E-state index contributed by atoms with van der Waals surface area (Å²) in [6.07, 6.45) is 4.03. The number of hydrogen-bond donors (Lipinski definition) is 1. The Bertz CT molecular complexity index is 432. The number of nitrogens with zero attached hydrogens (tertiary/aromatic N) is 1. The third-order valence-corrected chi connectivity index (χ3v) is 3.95. The second kappa shape index (κ2) is 9.29. The van der Waals surface area contributed by atoms with Crippen molar-refractivity contribution in [2.75, 3.05) is 26.7 Å². The molecule has 5 heteroatoms. The van der Waals surface area contributed by atoms with Gasteiger partial charge >= 0.3 is 0 Å². The van der Waals surface area contributed by atoms with Crippen molar-refractivity contribution in [2.24, 2.45) is 5.92 Å². The molecule has 0 aromatic heterocycles. The smallest absolute Gasteiger partial charge is 0.223 e. The summed E-state index contributed by atoms with van der Waals surface area (Å²) in [4.78, 5) is 14.2. The number of amides is 1. The van der Waals surface area contributed by atoms with Gasteiger partial charge in [0.25, 0.3) is 0 Å². The van der Waals surface area contributed by atoms with E-state index in [1.54, 1.807) is 0 Å². The Morgan fingerprint density at radius 1 is 1.33 bits per heavy atom. The lowest BCUT2D eigenvalue weighted by Gasteiger charge is -2.23. The number of carbonyl (C=O) groups excluding carboxylic acids is 1. The second-order valence-corrected chi connectivity index (χ2v) is 5.95. The average molecular weight is 331 g/mol. The van der Waals surface area contributed by atoms with E-state index in [9.17, 15) is 4.79 Å². The van der Waals surface area contributed by atoms with Crippen LogP contribution in [0.1, 0.15) is 24.8 Å². The van der Waals surface area contributed by atoms with Crippen molar-refractivity contribution < 1.29 is 4.79 Å². The summed E-state index contributed by atoms with van der Waals surface area (Å²) in [6, 6.07) is 7.89. The molecule has 0 heterocycles. The first-order valence-corrected chi connectivity index (χ1v) is 7.73. The van der Waals surface area contributed by atoms with E-state index < -0.39 is 0 Å². The van der Waals surface area contributed by atoms with Gasteiger partial charge in [0.15, 0.2) is 0 Å². The zero-order valence-electron chi connectivity index (χ0n) is 12.5. The number of halogens is 2. The molecular formula is C16H24Cl2N2O. The van der Waals surface area contributed by atoms with E-state index in [-0.39, 0.29) is 18.3 Å². The molecule has 0 aliphatic heterocycles. The van der Waals surface area contributed by atoms with Crippen LogP contribution in [0, 0.1) is 5.92 Å². The molecule has 1 saturated carbocycles. The second-order valence-electron chi connectivity index (χ2n) is 5.51. The summed E-state index contributed by atoms with van der Waals surface area (Å²) >= 11 is 5.89. The molecule has 0 atom stereocenters. The fourth-order valence-electron chi connectivity index (χ4n) is 2.24. The predicted molar refractivity (Wildman–Crippen MR) is 90.3 cm³/mol. The van der Waals surface area contributed by atoms with Gasteiger partial charge in [-0.1, -0.05) is 23.7 Å². The van der Waals surface area contributed by atoms with Crippen molar-refractivity contribution in [3.63, 3.8) is 0 Å². The maximum atomic E-state index is 12.2. The van der Waals surface area contributed by atoms with E-state index in [1.807, 2.05) is 36.2 Å². The standard InChI is InChI=1S/C16H23ClN2O.ClH/c1-18-10-8-16(20)19(12-14-2-3-14)11-9-13-4-6-15(17)7-5-13;/h4-7,14,18H,2-3,8-12H2,1H3;1H. The molecule has 1 aromatic rings. The third kappa shape index (κ3) is 6.68. The molecule has 1 aliphatic carbocycles. The van der Waals surface area contributed by atoms with Gasteiger partial charge in [0.1, 0.15) is 0 Å². The monoisotopic (exact) mass is 330 g/mol. The van der Waals surface area contributed by atoms with Gasteiger partial charge in [-0.15, -0.1) is 12.4 Å². The van der Waals surface area contributed by atoms with Crippen LogP contribution in [-0.2, 0) is 11.2 Å². The van der Waals surface area contributed by atoms with Gasteiger partial charge < -0.3 is 10.2 Å². The molecular weight excluding hydrogens is 307 g/mol. The number of nitrogens with one attached hydrogen (secondary N) is 1. The highest BCUT2D eigenvalue weighted by Crippen LogP contribution is 2.30. The molecule has 0 spiro atoms. The number of rotatable bonds is 8. The van der Waals surface area contributed by atoms with E-state index in [2.05, 4.69) is 5.32 Å². The Morgan fingerprint density at radius 3 is 2.57 bits per heavy atom. The van der Waals surface area contributed by atoms with Crippen molar-refractivity contribution in [3.05, 3.63) is 34.9 Å². The molecule has 1 N–H and O–H groups in total. The van der Waals surface area contributed by atoms with Crippen molar-refractivity contribution in [2.45, 2.75) is 25.7 Å². The molecule has 0 unspecified atom stereocenters. The molecule has 0 bridgehead atoms. The van der Waals surface area contributed by atoms with E-state index in [0.717, 1.165) is 37.0 Å². The van der Waals surface area contributed by atoms with Crippen LogP contribution in [0.3, 0.4) is 0 Å². The van der Waals surface area contributed by atoms with Gasteiger partial charge in [0.2, 0.25) is 5.91 Å². The molecule has 118 valence electrons. The summed E-state index contributed by atoms with van der Waals surface area (Å²) in [5.74, 6) is 0.999. The largest absolute Gasteiger partial charge is 0.342 e. The molecule has 1 fully saturated rings. The Balaban J connectivity index is 0.00000220. The van der Waals surface area contributed by atoms with Crippen LogP contribution in [-0.4, -0.2) is 37.5 Å². The van der Waals surface area contributed by atoms with Gasteiger partial charge in [-0.25, -0.2) is 0 Å². The average Bonchev–Trinajstić information content (AvgIpc) is 3.26. The molecule has 3 nitrogen and oxygen atoms in total. The first-order valence-electron chi connectivity index (χ1n) is 7.36. The maximum Gasteiger partial charge on any atom is 0.223 e. The van der Waals surface area contributed by atoms with Gasteiger partial charge in [-0.05, 0) is 49.9 Å². The lowest BCUT2D eigenvalue weighted by atomic mass is 10.1. The van der Waals surface area contributed by atoms with Crippen LogP contribution >= 0.6 is 24.0 Å². The minimum Gasteiger partial charge on any atom is -0.342 e. The van der Waals surface area contributed by atoms with E-state index in [0.29, 0.717) is 6.42 Å². The fourth-order valence-corrected chi connectivity index (χ4v) is 2.36. The van der Waals surface area contributed by atoms with Crippen LogP contribution in [0.4, 0.5) is 0 Å². The number of hydrogen-bond acceptors (Lipinski definition) is 2. The van der Waals surface area contributed by atoms with Crippen LogP contribution < -0.4 is 5.32 Å². The zero-order chi connectivity index (χ0) is 14.4. The van der Waals surface area contributed by atoms with Gasteiger partial charge in [-0.2, -0.15) is 0 Å². The lowest BCUT2D eigenvalue weighted by Crippen LogP contribution is -2.36. The van der Waals surface area contributed by atoms with Crippen molar-refractivity contribution in [1.29, 1.82) is 0 Å².